The van der Waals surface area contributed by atoms with Crippen molar-refractivity contribution in [2.75, 3.05) is 6.54 Å². The van der Waals surface area contributed by atoms with Crippen LogP contribution in [-0.4, -0.2) is 34.1 Å². The van der Waals surface area contributed by atoms with Gasteiger partial charge in [-0.15, -0.1) is 0 Å². The number of carbonyl (C=O) groups excluding carboxylic acids is 3. The first-order valence-corrected chi connectivity index (χ1v) is 9.76. The summed E-state index contributed by atoms with van der Waals surface area (Å²) in [4.78, 5) is 49.2. The van der Waals surface area contributed by atoms with E-state index in [4.69, 9.17) is 0 Å². The van der Waals surface area contributed by atoms with Crippen LogP contribution in [0, 0.1) is 16.0 Å². The lowest BCUT2D eigenvalue weighted by Crippen LogP contribution is -2.42. The molecule has 0 saturated carbocycles. The van der Waals surface area contributed by atoms with Crippen LogP contribution >= 0.6 is 0 Å². The zero-order valence-electron chi connectivity index (χ0n) is 17.0. The molecule has 0 unspecified atom stereocenters. The normalized spacial score (nSPS) is 14.1. The molecule has 0 aliphatic carbocycles. The summed E-state index contributed by atoms with van der Waals surface area (Å²) in [5.74, 6) is -1.97. The number of rotatable bonds is 7. The second-order valence-corrected chi connectivity index (χ2v) is 7.54. The SMILES string of the molecule is CCc1ccc([C@@H](NC(=O)CN2C(=O)c3cccc([N+](=O)[O-])c3C2=O)C(C)C)cc1. The highest BCUT2D eigenvalue weighted by Crippen LogP contribution is 2.30. The quantitative estimate of drug-likeness (QED) is 0.429. The summed E-state index contributed by atoms with van der Waals surface area (Å²) < 4.78 is 0. The molecular formula is C22H23N3O5. The summed E-state index contributed by atoms with van der Waals surface area (Å²) in [7, 11) is 0. The van der Waals surface area contributed by atoms with Crippen LogP contribution < -0.4 is 5.32 Å². The zero-order chi connectivity index (χ0) is 22.0. The average Bonchev–Trinajstić information content (AvgIpc) is 2.96. The van der Waals surface area contributed by atoms with Gasteiger partial charge < -0.3 is 5.32 Å². The number of nitrogens with zero attached hydrogens (tertiary/aromatic N) is 2. The molecule has 0 saturated heterocycles. The first-order valence-electron chi connectivity index (χ1n) is 9.76. The number of amides is 3. The van der Waals surface area contributed by atoms with Crippen LogP contribution in [0.4, 0.5) is 5.69 Å². The Labute approximate surface area is 174 Å². The Morgan fingerprint density at radius 3 is 2.33 bits per heavy atom. The molecule has 0 fully saturated rings. The summed E-state index contributed by atoms with van der Waals surface area (Å²) in [5, 5.41) is 14.1. The maximum atomic E-state index is 12.7. The van der Waals surface area contributed by atoms with Gasteiger partial charge in [-0.1, -0.05) is 51.1 Å². The molecule has 0 spiro atoms. The second kappa shape index (κ2) is 8.44. The van der Waals surface area contributed by atoms with Crippen LogP contribution in [0.2, 0.25) is 0 Å². The predicted molar refractivity (Wildman–Crippen MR) is 110 cm³/mol. The number of carbonyl (C=O) groups is 3. The Kier molecular flexibility index (Phi) is 5.96. The molecule has 8 heteroatoms. The predicted octanol–water partition coefficient (Wildman–Crippen LogP) is 3.27. The fourth-order valence-electron chi connectivity index (χ4n) is 3.57. The van der Waals surface area contributed by atoms with Crippen molar-refractivity contribution in [1.82, 2.24) is 10.2 Å². The van der Waals surface area contributed by atoms with Crippen LogP contribution in [0.1, 0.15) is 58.7 Å². The topological polar surface area (TPSA) is 110 Å². The van der Waals surface area contributed by atoms with Gasteiger partial charge in [0.2, 0.25) is 5.91 Å². The maximum Gasteiger partial charge on any atom is 0.282 e. The summed E-state index contributed by atoms with van der Waals surface area (Å²) >= 11 is 0. The highest BCUT2D eigenvalue weighted by Gasteiger charge is 2.41. The van der Waals surface area contributed by atoms with Gasteiger partial charge >= 0.3 is 0 Å². The second-order valence-electron chi connectivity index (χ2n) is 7.54. The summed E-state index contributed by atoms with van der Waals surface area (Å²) in [5.41, 5.74) is 1.34. The molecule has 1 aliphatic heterocycles. The first kappa shape index (κ1) is 21.2. The fourth-order valence-corrected chi connectivity index (χ4v) is 3.57. The van der Waals surface area contributed by atoms with Gasteiger partial charge in [-0.25, -0.2) is 0 Å². The molecule has 1 N–H and O–H groups in total. The van der Waals surface area contributed by atoms with Gasteiger partial charge in [-0.05, 0) is 29.5 Å². The number of nitro groups is 1. The molecule has 0 aromatic heterocycles. The van der Waals surface area contributed by atoms with E-state index < -0.39 is 34.9 Å². The van der Waals surface area contributed by atoms with E-state index in [0.29, 0.717) is 0 Å². The maximum absolute atomic E-state index is 12.7. The van der Waals surface area contributed by atoms with Crippen molar-refractivity contribution in [3.63, 3.8) is 0 Å². The Bertz CT molecular complexity index is 1010. The Morgan fingerprint density at radius 2 is 1.77 bits per heavy atom. The molecule has 156 valence electrons. The molecule has 0 bridgehead atoms. The first-order chi connectivity index (χ1) is 14.2. The standard InChI is InChI=1S/C22H23N3O5/c1-4-14-8-10-15(11-9-14)20(13(2)3)23-18(26)12-24-21(27)16-6-5-7-17(25(29)30)19(16)22(24)28/h5-11,13,20H,4,12H2,1-3H3,(H,23,26)/t20-/m0/s1. The Hall–Kier alpha value is -3.55. The lowest BCUT2D eigenvalue weighted by atomic mass is 9.95. The van der Waals surface area contributed by atoms with Crippen molar-refractivity contribution in [3.8, 4) is 0 Å². The summed E-state index contributed by atoms with van der Waals surface area (Å²) in [6, 6.07) is 11.5. The Balaban J connectivity index is 1.78. The van der Waals surface area contributed by atoms with Gasteiger partial charge in [0.05, 0.1) is 16.5 Å². The number of hydrogen-bond acceptors (Lipinski definition) is 5. The average molecular weight is 409 g/mol. The Morgan fingerprint density at radius 1 is 1.10 bits per heavy atom. The smallest absolute Gasteiger partial charge is 0.282 e. The van der Waals surface area contributed by atoms with E-state index in [1.807, 2.05) is 38.1 Å². The van der Waals surface area contributed by atoms with E-state index in [2.05, 4.69) is 12.2 Å². The highest BCUT2D eigenvalue weighted by molar-refractivity contribution is 6.24. The molecule has 30 heavy (non-hydrogen) atoms. The third kappa shape index (κ3) is 3.94. The van der Waals surface area contributed by atoms with E-state index in [1.54, 1.807) is 0 Å². The highest BCUT2D eigenvalue weighted by atomic mass is 16.6. The van der Waals surface area contributed by atoms with Crippen molar-refractivity contribution in [2.24, 2.45) is 5.92 Å². The molecule has 2 aromatic carbocycles. The minimum Gasteiger partial charge on any atom is -0.347 e. The zero-order valence-corrected chi connectivity index (χ0v) is 17.0. The number of aryl methyl sites for hydroxylation is 1. The number of nitrogens with one attached hydrogen (secondary N) is 1. The number of hydrogen-bond donors (Lipinski definition) is 1. The third-order valence-electron chi connectivity index (χ3n) is 5.21. The van der Waals surface area contributed by atoms with Crippen molar-refractivity contribution in [2.45, 2.75) is 33.2 Å². The van der Waals surface area contributed by atoms with Crippen molar-refractivity contribution in [3.05, 3.63) is 74.8 Å². The van der Waals surface area contributed by atoms with Crippen LogP contribution in [0.5, 0.6) is 0 Å². The fraction of sp³-hybridized carbons (Fsp3) is 0.318. The number of imide groups is 1. The number of fused-ring (bicyclic) bond motifs is 1. The van der Waals surface area contributed by atoms with E-state index in [0.717, 1.165) is 16.9 Å². The minimum atomic E-state index is -0.828. The van der Waals surface area contributed by atoms with Gasteiger partial charge in [0.15, 0.2) is 0 Å². The van der Waals surface area contributed by atoms with Gasteiger partial charge in [0.25, 0.3) is 17.5 Å². The van der Waals surface area contributed by atoms with Crippen molar-refractivity contribution < 1.29 is 19.3 Å². The monoisotopic (exact) mass is 409 g/mol. The number of nitro benzene ring substituents is 1. The molecule has 1 aliphatic rings. The van der Waals surface area contributed by atoms with E-state index >= 15 is 0 Å². The van der Waals surface area contributed by atoms with Crippen LogP contribution in [0.25, 0.3) is 0 Å². The molecule has 1 heterocycles. The summed E-state index contributed by atoms with van der Waals surface area (Å²) in [6.07, 6.45) is 0.908. The number of benzene rings is 2. The largest absolute Gasteiger partial charge is 0.347 e. The van der Waals surface area contributed by atoms with E-state index in [-0.39, 0.29) is 23.1 Å². The third-order valence-corrected chi connectivity index (χ3v) is 5.21. The molecule has 0 radical (unpaired) electrons. The van der Waals surface area contributed by atoms with Crippen molar-refractivity contribution in [1.29, 1.82) is 0 Å². The van der Waals surface area contributed by atoms with Crippen LogP contribution in [0.3, 0.4) is 0 Å². The van der Waals surface area contributed by atoms with E-state index in [9.17, 15) is 24.5 Å². The summed E-state index contributed by atoms with van der Waals surface area (Å²) in [6.45, 7) is 5.48. The van der Waals surface area contributed by atoms with E-state index in [1.165, 1.54) is 23.8 Å². The molecular weight excluding hydrogens is 386 g/mol. The molecule has 1 atom stereocenters. The molecule has 3 amide bonds. The van der Waals surface area contributed by atoms with Gasteiger partial charge in [-0.2, -0.15) is 0 Å². The minimum absolute atomic E-state index is 0.0578. The van der Waals surface area contributed by atoms with Gasteiger partial charge in [-0.3, -0.25) is 29.4 Å². The molecule has 2 aromatic rings. The lowest BCUT2D eigenvalue weighted by molar-refractivity contribution is -0.385. The molecule has 8 nitrogen and oxygen atoms in total. The van der Waals surface area contributed by atoms with Crippen LogP contribution in [-0.2, 0) is 11.2 Å². The van der Waals surface area contributed by atoms with Gasteiger partial charge in [0, 0.05) is 6.07 Å². The van der Waals surface area contributed by atoms with Crippen LogP contribution in [0.15, 0.2) is 42.5 Å². The van der Waals surface area contributed by atoms with Gasteiger partial charge in [0.1, 0.15) is 12.1 Å². The lowest BCUT2D eigenvalue weighted by Gasteiger charge is -2.24. The molecule has 3 rings (SSSR count). The van der Waals surface area contributed by atoms with Crippen molar-refractivity contribution >= 4 is 23.4 Å².